The quantitative estimate of drug-likeness (QED) is 0.351. The molecule has 0 bridgehead atoms. The van der Waals surface area contributed by atoms with Gasteiger partial charge in [-0.05, 0) is 61.4 Å². The van der Waals surface area contributed by atoms with Crippen LogP contribution in [0.25, 0.3) is 34.2 Å². The zero-order valence-electron chi connectivity index (χ0n) is 18.1. The average Bonchev–Trinajstić information content (AvgIpc) is 2.77. The van der Waals surface area contributed by atoms with E-state index in [4.69, 9.17) is 9.84 Å². The number of phenolic OH excluding ortho intramolecular Hbond substituents is 3. The van der Waals surface area contributed by atoms with Crippen LogP contribution in [0, 0.1) is 13.8 Å². The molecule has 0 saturated carbocycles. The Labute approximate surface area is 190 Å². The monoisotopic (exact) mass is 445 g/mol. The predicted octanol–water partition coefficient (Wildman–Crippen LogP) is 3.98. The maximum Gasteiger partial charge on any atom is 0.167 e. The first kappa shape index (κ1) is 22.0. The second-order valence-corrected chi connectivity index (χ2v) is 7.60. The maximum absolute atomic E-state index is 10.6. The minimum atomic E-state index is -0.150. The van der Waals surface area contributed by atoms with Crippen molar-refractivity contribution in [3.8, 4) is 57.2 Å². The molecule has 4 rings (SSSR count). The molecule has 0 fully saturated rings. The maximum atomic E-state index is 10.6. The van der Waals surface area contributed by atoms with E-state index in [2.05, 4.69) is 15.0 Å². The number of nitrogens with zero attached hydrogens (tertiary/aromatic N) is 3. The van der Waals surface area contributed by atoms with E-state index in [1.165, 1.54) is 6.07 Å². The standard InChI is InChI=1S/C25H23N3O5/c1-14-3-6-17(20(30)11-14)23-26-24(18-7-4-15(2)12-21(18)31)28-25(27-23)19-8-5-16(13-22(19)32)33-10-9-29/h3-8,11-13,29-32H,9-10H2,1-2H3. The summed E-state index contributed by atoms with van der Waals surface area (Å²) in [6.07, 6.45) is 0. The summed E-state index contributed by atoms with van der Waals surface area (Å²) < 4.78 is 5.34. The second-order valence-electron chi connectivity index (χ2n) is 7.60. The molecule has 1 aromatic heterocycles. The van der Waals surface area contributed by atoms with Crippen molar-refractivity contribution in [1.29, 1.82) is 0 Å². The van der Waals surface area contributed by atoms with Crippen LogP contribution in [0.1, 0.15) is 11.1 Å². The summed E-state index contributed by atoms with van der Waals surface area (Å²) in [6, 6.07) is 14.9. The number of aliphatic hydroxyl groups excluding tert-OH is 1. The van der Waals surface area contributed by atoms with Crippen LogP contribution >= 0.6 is 0 Å². The van der Waals surface area contributed by atoms with E-state index in [-0.39, 0.29) is 47.9 Å². The van der Waals surface area contributed by atoms with Gasteiger partial charge in [0.25, 0.3) is 0 Å². The molecule has 33 heavy (non-hydrogen) atoms. The summed E-state index contributed by atoms with van der Waals surface area (Å²) in [4.78, 5) is 13.5. The lowest BCUT2D eigenvalue weighted by Crippen LogP contribution is -2.02. The van der Waals surface area contributed by atoms with Gasteiger partial charge in [0.05, 0.1) is 23.3 Å². The van der Waals surface area contributed by atoms with Crippen molar-refractivity contribution in [2.45, 2.75) is 13.8 Å². The van der Waals surface area contributed by atoms with E-state index < -0.39 is 0 Å². The first-order valence-electron chi connectivity index (χ1n) is 10.3. The van der Waals surface area contributed by atoms with Crippen LogP contribution in [-0.4, -0.2) is 48.6 Å². The lowest BCUT2D eigenvalue weighted by Gasteiger charge is -2.12. The Balaban J connectivity index is 1.90. The van der Waals surface area contributed by atoms with Gasteiger partial charge in [-0.3, -0.25) is 0 Å². The van der Waals surface area contributed by atoms with Crippen molar-refractivity contribution in [2.24, 2.45) is 0 Å². The smallest absolute Gasteiger partial charge is 0.167 e. The van der Waals surface area contributed by atoms with E-state index in [0.717, 1.165) is 11.1 Å². The molecule has 8 nitrogen and oxygen atoms in total. The average molecular weight is 445 g/mol. The van der Waals surface area contributed by atoms with Crippen molar-refractivity contribution in [1.82, 2.24) is 15.0 Å². The van der Waals surface area contributed by atoms with E-state index in [0.29, 0.717) is 22.4 Å². The third-order valence-corrected chi connectivity index (χ3v) is 4.99. The molecule has 3 aromatic carbocycles. The number of rotatable bonds is 6. The van der Waals surface area contributed by atoms with Gasteiger partial charge in [-0.15, -0.1) is 0 Å². The molecule has 0 aliphatic heterocycles. The molecule has 8 heteroatoms. The molecular weight excluding hydrogens is 422 g/mol. The van der Waals surface area contributed by atoms with E-state index in [9.17, 15) is 15.3 Å². The lowest BCUT2D eigenvalue weighted by atomic mass is 10.1. The molecular formula is C25H23N3O5. The van der Waals surface area contributed by atoms with Gasteiger partial charge >= 0.3 is 0 Å². The van der Waals surface area contributed by atoms with Crippen LogP contribution in [0.3, 0.4) is 0 Å². The number of hydrogen-bond acceptors (Lipinski definition) is 8. The Morgan fingerprint density at radius 1 is 0.636 bits per heavy atom. The Kier molecular flexibility index (Phi) is 6.10. The third-order valence-electron chi connectivity index (χ3n) is 4.99. The molecule has 4 aromatic rings. The molecule has 0 aliphatic rings. The molecule has 0 aliphatic carbocycles. The van der Waals surface area contributed by atoms with Crippen LogP contribution in [-0.2, 0) is 0 Å². The molecule has 1 heterocycles. The highest BCUT2D eigenvalue weighted by atomic mass is 16.5. The molecule has 168 valence electrons. The highest BCUT2D eigenvalue weighted by Crippen LogP contribution is 2.36. The SMILES string of the molecule is Cc1ccc(-c2nc(-c3ccc(C)cc3O)nc(-c3ccc(OCCO)cc3O)n2)c(O)c1. The van der Waals surface area contributed by atoms with Gasteiger partial charge in [-0.25, -0.2) is 15.0 Å². The number of phenols is 3. The number of aromatic hydroxyl groups is 3. The van der Waals surface area contributed by atoms with Gasteiger partial charge in [-0.1, -0.05) is 12.1 Å². The number of aliphatic hydroxyl groups is 1. The van der Waals surface area contributed by atoms with Gasteiger partial charge < -0.3 is 25.2 Å². The molecule has 0 amide bonds. The normalized spacial score (nSPS) is 10.9. The molecule has 0 radical (unpaired) electrons. The molecule has 0 spiro atoms. The van der Waals surface area contributed by atoms with Crippen LogP contribution < -0.4 is 4.74 Å². The summed E-state index contributed by atoms with van der Waals surface area (Å²) in [5.74, 6) is 0.787. The van der Waals surface area contributed by atoms with Gasteiger partial charge in [0, 0.05) is 6.07 Å². The Morgan fingerprint density at radius 2 is 1.06 bits per heavy atom. The number of benzene rings is 3. The lowest BCUT2D eigenvalue weighted by molar-refractivity contribution is 0.201. The number of ether oxygens (including phenoxy) is 1. The van der Waals surface area contributed by atoms with Crippen molar-refractivity contribution in [3.63, 3.8) is 0 Å². The number of hydrogen-bond donors (Lipinski definition) is 4. The van der Waals surface area contributed by atoms with Crippen LogP contribution in [0.15, 0.2) is 54.6 Å². The summed E-state index contributed by atoms with van der Waals surface area (Å²) in [6.45, 7) is 3.66. The van der Waals surface area contributed by atoms with Gasteiger partial charge in [0.1, 0.15) is 29.6 Å². The van der Waals surface area contributed by atoms with Gasteiger partial charge in [0.2, 0.25) is 0 Å². The van der Waals surface area contributed by atoms with E-state index >= 15 is 0 Å². The Hall–Kier alpha value is -4.17. The largest absolute Gasteiger partial charge is 0.507 e. The van der Waals surface area contributed by atoms with Crippen LogP contribution in [0.4, 0.5) is 0 Å². The van der Waals surface area contributed by atoms with Crippen molar-refractivity contribution in [2.75, 3.05) is 13.2 Å². The molecule has 4 N–H and O–H groups in total. The number of aromatic nitrogens is 3. The fraction of sp³-hybridized carbons (Fsp3) is 0.160. The first-order valence-corrected chi connectivity index (χ1v) is 10.3. The highest BCUT2D eigenvalue weighted by Gasteiger charge is 2.18. The van der Waals surface area contributed by atoms with E-state index in [1.54, 1.807) is 36.4 Å². The fourth-order valence-electron chi connectivity index (χ4n) is 3.35. The summed E-state index contributed by atoms with van der Waals surface area (Å²) in [7, 11) is 0. The van der Waals surface area contributed by atoms with Crippen molar-refractivity contribution in [3.05, 3.63) is 65.7 Å². The molecule has 0 atom stereocenters. The van der Waals surface area contributed by atoms with Crippen LogP contribution in [0.5, 0.6) is 23.0 Å². The fourth-order valence-corrected chi connectivity index (χ4v) is 3.35. The van der Waals surface area contributed by atoms with Gasteiger partial charge in [-0.2, -0.15) is 0 Å². The highest BCUT2D eigenvalue weighted by molar-refractivity contribution is 5.74. The second kappa shape index (κ2) is 9.13. The Bertz CT molecular complexity index is 1250. The topological polar surface area (TPSA) is 129 Å². The molecule has 0 unspecified atom stereocenters. The molecule has 0 saturated heterocycles. The first-order chi connectivity index (χ1) is 15.9. The zero-order chi connectivity index (χ0) is 23.5. The summed E-state index contributed by atoms with van der Waals surface area (Å²) in [5, 5.41) is 40.5. The zero-order valence-corrected chi connectivity index (χ0v) is 18.1. The minimum absolute atomic E-state index is 0.00296. The van der Waals surface area contributed by atoms with Gasteiger partial charge in [0.15, 0.2) is 17.5 Å². The Morgan fingerprint density at radius 3 is 1.45 bits per heavy atom. The van der Waals surface area contributed by atoms with Crippen LogP contribution in [0.2, 0.25) is 0 Å². The van der Waals surface area contributed by atoms with Crippen molar-refractivity contribution < 1.29 is 25.2 Å². The summed E-state index contributed by atoms with van der Waals surface area (Å²) >= 11 is 0. The minimum Gasteiger partial charge on any atom is -0.507 e. The van der Waals surface area contributed by atoms with E-state index in [1.807, 2.05) is 26.0 Å². The third kappa shape index (κ3) is 4.70. The van der Waals surface area contributed by atoms with Crippen molar-refractivity contribution >= 4 is 0 Å². The summed E-state index contributed by atoms with van der Waals surface area (Å²) in [5.41, 5.74) is 2.84. The predicted molar refractivity (Wildman–Crippen MR) is 123 cm³/mol. The number of aryl methyl sites for hydroxylation is 2.